The van der Waals surface area contributed by atoms with Crippen LogP contribution in [0.15, 0.2) is 144 Å². The summed E-state index contributed by atoms with van der Waals surface area (Å²) in [6, 6.07) is 37.5. The molecule has 45 heavy (non-hydrogen) atoms. The van der Waals surface area contributed by atoms with Crippen molar-refractivity contribution in [2.24, 2.45) is 0 Å². The molecule has 3 amide bonds. The molecule has 0 spiro atoms. The molecule has 0 fully saturated rings. The Morgan fingerprint density at radius 1 is 0.711 bits per heavy atom. The van der Waals surface area contributed by atoms with Gasteiger partial charge in [0.05, 0.1) is 0 Å². The van der Waals surface area contributed by atoms with Crippen LogP contribution in [0.3, 0.4) is 0 Å². The van der Waals surface area contributed by atoms with Crippen LogP contribution in [0.2, 0.25) is 5.02 Å². The lowest BCUT2D eigenvalue weighted by atomic mass is 10.1. The molecule has 5 aromatic carbocycles. The van der Waals surface area contributed by atoms with Gasteiger partial charge in [0.2, 0.25) is 5.91 Å². The molecular weight excluding hydrogens is 609 g/mol. The largest absolute Gasteiger partial charge is 0.325 e. The number of benzene rings is 5. The van der Waals surface area contributed by atoms with Gasteiger partial charge in [-0.3, -0.25) is 14.4 Å². The van der Waals surface area contributed by atoms with Crippen LogP contribution in [0, 0.1) is 5.82 Å². The van der Waals surface area contributed by atoms with E-state index in [-0.39, 0.29) is 17.4 Å². The third kappa shape index (κ3) is 8.92. The van der Waals surface area contributed by atoms with E-state index in [4.69, 9.17) is 11.6 Å². The molecule has 5 aromatic rings. The number of hydrogen-bond donors (Lipinski definition) is 3. The Morgan fingerprint density at radius 2 is 1.33 bits per heavy atom. The van der Waals surface area contributed by atoms with Gasteiger partial charge in [-0.25, -0.2) is 4.39 Å². The molecule has 0 saturated carbocycles. The molecule has 0 aliphatic heterocycles. The van der Waals surface area contributed by atoms with Gasteiger partial charge in [-0.05, 0) is 90.0 Å². The van der Waals surface area contributed by atoms with Crippen LogP contribution in [0.4, 0.5) is 15.8 Å². The maximum absolute atomic E-state index is 13.4. The van der Waals surface area contributed by atoms with Crippen molar-refractivity contribution in [3.63, 3.8) is 0 Å². The minimum atomic E-state index is -0.600. The number of amides is 3. The summed E-state index contributed by atoms with van der Waals surface area (Å²) in [5.41, 5.74) is 2.85. The topological polar surface area (TPSA) is 87.3 Å². The van der Waals surface area contributed by atoms with Crippen molar-refractivity contribution < 1.29 is 18.8 Å². The van der Waals surface area contributed by atoms with Crippen LogP contribution in [0.1, 0.15) is 26.7 Å². The zero-order chi connectivity index (χ0) is 31.6. The van der Waals surface area contributed by atoms with Gasteiger partial charge in [0.1, 0.15) is 16.8 Å². The second-order valence-electron chi connectivity index (χ2n) is 9.82. The first-order chi connectivity index (χ1) is 21.8. The highest BCUT2D eigenvalue weighted by molar-refractivity contribution is 8.00. The maximum atomic E-state index is 13.4. The second-order valence-corrected chi connectivity index (χ2v) is 11.4. The molecule has 0 saturated heterocycles. The lowest BCUT2D eigenvalue weighted by Crippen LogP contribution is -2.30. The van der Waals surface area contributed by atoms with E-state index >= 15 is 0 Å². The highest BCUT2D eigenvalue weighted by Gasteiger charge is 2.22. The van der Waals surface area contributed by atoms with Crippen molar-refractivity contribution >= 4 is 58.5 Å². The van der Waals surface area contributed by atoms with Crippen LogP contribution in [0.5, 0.6) is 0 Å². The van der Waals surface area contributed by atoms with Gasteiger partial charge in [0, 0.05) is 26.9 Å². The predicted molar refractivity (Wildman–Crippen MR) is 178 cm³/mol. The van der Waals surface area contributed by atoms with Gasteiger partial charge in [-0.15, -0.1) is 11.8 Å². The lowest BCUT2D eigenvalue weighted by molar-refractivity contribution is -0.116. The fourth-order valence-corrected chi connectivity index (χ4v) is 5.52. The average Bonchev–Trinajstić information content (AvgIpc) is 3.06. The Hall–Kier alpha value is -5.18. The SMILES string of the molecule is O=C(Nc1ccc(SC(C(=O)Nc2ccc(F)cc2)c2ccccc2)cc1)/C(=C/c1cccc(Cl)c1)NC(=O)c1ccccc1. The number of hydrogen-bond acceptors (Lipinski definition) is 4. The van der Waals surface area contributed by atoms with Crippen LogP contribution in [-0.2, 0) is 9.59 Å². The predicted octanol–water partition coefficient (Wildman–Crippen LogP) is 8.36. The number of nitrogens with one attached hydrogen (secondary N) is 3. The fraction of sp³-hybridized carbons (Fsp3) is 0.0278. The minimum Gasteiger partial charge on any atom is -0.325 e. The number of anilines is 2. The van der Waals surface area contributed by atoms with E-state index in [2.05, 4.69) is 16.0 Å². The molecule has 224 valence electrons. The van der Waals surface area contributed by atoms with Crippen LogP contribution < -0.4 is 16.0 Å². The van der Waals surface area contributed by atoms with Gasteiger partial charge in [-0.2, -0.15) is 0 Å². The van der Waals surface area contributed by atoms with Crippen molar-refractivity contribution in [1.82, 2.24) is 5.32 Å². The van der Waals surface area contributed by atoms with Gasteiger partial charge >= 0.3 is 0 Å². The van der Waals surface area contributed by atoms with Crippen molar-refractivity contribution in [2.75, 3.05) is 10.6 Å². The number of rotatable bonds is 10. The van der Waals surface area contributed by atoms with Crippen LogP contribution >= 0.6 is 23.4 Å². The number of thioether (sulfide) groups is 1. The highest BCUT2D eigenvalue weighted by atomic mass is 35.5. The Bertz CT molecular complexity index is 1820. The lowest BCUT2D eigenvalue weighted by Gasteiger charge is -2.17. The zero-order valence-corrected chi connectivity index (χ0v) is 25.3. The first-order valence-corrected chi connectivity index (χ1v) is 15.1. The normalized spacial score (nSPS) is 11.7. The Kier molecular flexibility index (Phi) is 10.4. The van der Waals surface area contributed by atoms with Gasteiger partial charge in [0.25, 0.3) is 11.8 Å². The van der Waals surface area contributed by atoms with Crippen molar-refractivity contribution in [3.8, 4) is 0 Å². The first kappa shape index (κ1) is 31.3. The molecule has 9 heteroatoms. The highest BCUT2D eigenvalue weighted by Crippen LogP contribution is 2.36. The summed E-state index contributed by atoms with van der Waals surface area (Å²) in [5.74, 6) is -1.61. The fourth-order valence-electron chi connectivity index (χ4n) is 4.30. The molecule has 0 aromatic heterocycles. The van der Waals surface area contributed by atoms with E-state index in [9.17, 15) is 18.8 Å². The maximum Gasteiger partial charge on any atom is 0.272 e. The van der Waals surface area contributed by atoms with E-state index < -0.39 is 17.1 Å². The molecule has 0 aliphatic carbocycles. The molecule has 0 heterocycles. The molecular formula is C36H27ClFN3O3S. The summed E-state index contributed by atoms with van der Waals surface area (Å²) in [6.07, 6.45) is 1.55. The molecule has 6 nitrogen and oxygen atoms in total. The smallest absolute Gasteiger partial charge is 0.272 e. The van der Waals surface area contributed by atoms with Crippen molar-refractivity contribution in [3.05, 3.63) is 167 Å². The molecule has 3 N–H and O–H groups in total. The third-order valence-electron chi connectivity index (χ3n) is 6.51. The van der Waals surface area contributed by atoms with Crippen LogP contribution in [0.25, 0.3) is 6.08 Å². The Labute approximate surface area is 269 Å². The Balaban J connectivity index is 1.32. The standard InChI is InChI=1S/C36H27ClFN3O3S/c37-27-13-7-8-24(22-27)23-32(41-34(42)26-11-5-2-6-12-26)35(43)39-30-18-20-31(21-19-30)45-33(25-9-3-1-4-10-25)36(44)40-29-16-14-28(38)15-17-29/h1-23,33H,(H,39,43)(H,40,44)(H,41,42)/b32-23-. The summed E-state index contributed by atoms with van der Waals surface area (Å²) in [6.45, 7) is 0. The van der Waals surface area contributed by atoms with Crippen molar-refractivity contribution in [1.29, 1.82) is 0 Å². The van der Waals surface area contributed by atoms with E-state index in [0.717, 1.165) is 10.5 Å². The van der Waals surface area contributed by atoms with E-state index in [1.54, 1.807) is 84.9 Å². The molecule has 1 unspecified atom stereocenters. The zero-order valence-electron chi connectivity index (χ0n) is 23.7. The Morgan fingerprint density at radius 3 is 2.00 bits per heavy atom. The number of carbonyl (C=O) groups excluding carboxylic acids is 3. The molecule has 0 bridgehead atoms. The molecule has 0 aliphatic rings. The van der Waals surface area contributed by atoms with Gasteiger partial charge < -0.3 is 16.0 Å². The van der Waals surface area contributed by atoms with E-state index in [1.165, 1.54) is 36.0 Å². The molecule has 0 radical (unpaired) electrons. The van der Waals surface area contributed by atoms with E-state index in [1.807, 2.05) is 30.3 Å². The monoisotopic (exact) mass is 635 g/mol. The third-order valence-corrected chi connectivity index (χ3v) is 8.01. The summed E-state index contributed by atoms with van der Waals surface area (Å²) >= 11 is 7.47. The van der Waals surface area contributed by atoms with Gasteiger partial charge in [0.15, 0.2) is 0 Å². The van der Waals surface area contributed by atoms with Crippen LogP contribution in [-0.4, -0.2) is 17.7 Å². The molecule has 1 atom stereocenters. The first-order valence-electron chi connectivity index (χ1n) is 13.9. The second kappa shape index (κ2) is 15.0. The summed E-state index contributed by atoms with van der Waals surface area (Å²) in [7, 11) is 0. The summed E-state index contributed by atoms with van der Waals surface area (Å²) in [5, 5.41) is 8.29. The summed E-state index contributed by atoms with van der Waals surface area (Å²) < 4.78 is 13.4. The van der Waals surface area contributed by atoms with Crippen molar-refractivity contribution in [2.45, 2.75) is 10.1 Å². The average molecular weight is 636 g/mol. The minimum absolute atomic E-state index is 0.0335. The van der Waals surface area contributed by atoms with E-state index in [0.29, 0.717) is 27.5 Å². The van der Waals surface area contributed by atoms with Gasteiger partial charge in [-0.1, -0.05) is 72.3 Å². The number of carbonyl (C=O) groups is 3. The number of halogens is 2. The molecule has 5 rings (SSSR count). The summed E-state index contributed by atoms with van der Waals surface area (Å²) in [4.78, 5) is 40.4. The quantitative estimate of drug-likeness (QED) is 0.106.